The van der Waals surface area contributed by atoms with E-state index in [-0.39, 0.29) is 40.5 Å². The van der Waals surface area contributed by atoms with Gasteiger partial charge in [-0.15, -0.1) is 0 Å². The summed E-state index contributed by atoms with van der Waals surface area (Å²) in [5, 5.41) is 2.94. The number of nitrogens with zero attached hydrogens (tertiary/aromatic N) is 2. The van der Waals surface area contributed by atoms with E-state index < -0.39 is 28.5 Å². The average molecular weight is 656 g/mol. The predicted molar refractivity (Wildman–Crippen MR) is 177 cm³/mol. The van der Waals surface area contributed by atoms with Gasteiger partial charge in [-0.3, -0.25) is 13.9 Å². The molecule has 3 aromatic rings. The van der Waals surface area contributed by atoms with Crippen molar-refractivity contribution in [2.45, 2.75) is 51.6 Å². The van der Waals surface area contributed by atoms with Crippen LogP contribution in [0.15, 0.2) is 65.6 Å². The van der Waals surface area contributed by atoms with Gasteiger partial charge in [0, 0.05) is 25.2 Å². The number of benzene rings is 3. The molecule has 250 valence electrons. The summed E-state index contributed by atoms with van der Waals surface area (Å²) in [5.74, 6) is 0.390. The summed E-state index contributed by atoms with van der Waals surface area (Å²) >= 11 is 0. The second kappa shape index (κ2) is 16.2. The molecule has 0 spiro atoms. The lowest BCUT2D eigenvalue weighted by Gasteiger charge is -2.33. The lowest BCUT2D eigenvalue weighted by molar-refractivity contribution is -0.140. The third kappa shape index (κ3) is 8.63. The maximum atomic E-state index is 14.5. The quantitative estimate of drug-likeness (QED) is 0.233. The van der Waals surface area contributed by atoms with E-state index in [0.717, 1.165) is 15.4 Å². The Labute approximate surface area is 272 Å². The van der Waals surface area contributed by atoms with Gasteiger partial charge < -0.3 is 29.2 Å². The zero-order valence-electron chi connectivity index (χ0n) is 27.8. The third-order valence-electron chi connectivity index (χ3n) is 7.38. The molecule has 1 atom stereocenters. The molecular formula is C34H45N3O8S. The normalized spacial score (nSPS) is 11.8. The number of sulfonamides is 1. The number of rotatable bonds is 16. The molecule has 2 amide bonds. The number of methoxy groups -OCH3 is 4. The van der Waals surface area contributed by atoms with Gasteiger partial charge in [-0.2, -0.15) is 0 Å². The van der Waals surface area contributed by atoms with E-state index in [1.165, 1.54) is 57.6 Å². The van der Waals surface area contributed by atoms with Crippen LogP contribution in [0, 0.1) is 12.8 Å². The van der Waals surface area contributed by atoms with Crippen molar-refractivity contribution in [2.75, 3.05) is 45.8 Å². The molecule has 0 heterocycles. The number of ether oxygens (including phenoxy) is 4. The van der Waals surface area contributed by atoms with Gasteiger partial charge in [0.2, 0.25) is 11.8 Å². The fourth-order valence-electron chi connectivity index (χ4n) is 4.96. The Morgan fingerprint density at radius 1 is 0.848 bits per heavy atom. The van der Waals surface area contributed by atoms with Crippen LogP contribution in [0.1, 0.15) is 38.3 Å². The summed E-state index contributed by atoms with van der Waals surface area (Å²) < 4.78 is 51.5. The largest absolute Gasteiger partial charge is 0.497 e. The smallest absolute Gasteiger partial charge is 0.265 e. The highest BCUT2D eigenvalue weighted by Crippen LogP contribution is 2.38. The molecule has 0 saturated carbocycles. The molecule has 46 heavy (non-hydrogen) atoms. The fraction of sp³-hybridized carbons (Fsp3) is 0.412. The highest BCUT2D eigenvalue weighted by atomic mass is 32.2. The van der Waals surface area contributed by atoms with E-state index in [1.54, 1.807) is 12.1 Å². The fourth-order valence-corrected chi connectivity index (χ4v) is 6.39. The zero-order valence-corrected chi connectivity index (χ0v) is 28.6. The second-order valence-electron chi connectivity index (χ2n) is 11.1. The van der Waals surface area contributed by atoms with Crippen molar-refractivity contribution < 1.29 is 37.0 Å². The first-order chi connectivity index (χ1) is 21.9. The molecule has 0 aliphatic heterocycles. The third-order valence-corrected chi connectivity index (χ3v) is 9.14. The SMILES string of the molecule is CC[C@H](C(=O)NCC(C)C)N(Cc1cccc(C)c1)C(=O)CN(c1cc(OC)ccc1OC)S(=O)(=O)c1ccc(OC)c(OC)c1. The molecule has 3 aromatic carbocycles. The Balaban J connectivity index is 2.19. The van der Waals surface area contributed by atoms with Crippen molar-refractivity contribution in [1.29, 1.82) is 0 Å². The van der Waals surface area contributed by atoms with Crippen LogP contribution in [-0.4, -0.2) is 72.7 Å². The van der Waals surface area contributed by atoms with Crippen LogP contribution >= 0.6 is 0 Å². The molecule has 0 saturated heterocycles. The standard InChI is InChI=1S/C34H45N3O8S/c1-9-28(34(39)35-20-23(2)3)36(21-25-12-10-11-24(4)17-25)33(38)22-37(29-18-26(42-5)13-15-30(29)43-6)46(40,41)27-14-16-31(44-7)32(19-27)45-8/h10-19,23,28H,9,20-22H2,1-8H3,(H,35,39)/t28-/m1/s1. The van der Waals surface area contributed by atoms with Gasteiger partial charge in [0.25, 0.3) is 10.0 Å². The van der Waals surface area contributed by atoms with E-state index in [2.05, 4.69) is 5.32 Å². The molecule has 0 radical (unpaired) electrons. The van der Waals surface area contributed by atoms with Crippen molar-refractivity contribution in [3.05, 3.63) is 71.8 Å². The first kappa shape index (κ1) is 36.0. The van der Waals surface area contributed by atoms with E-state index in [0.29, 0.717) is 24.5 Å². The summed E-state index contributed by atoms with van der Waals surface area (Å²) in [6.07, 6.45) is 0.312. The zero-order chi connectivity index (χ0) is 34.0. The van der Waals surface area contributed by atoms with Gasteiger partial charge in [0.1, 0.15) is 24.1 Å². The first-order valence-corrected chi connectivity index (χ1v) is 16.4. The first-order valence-electron chi connectivity index (χ1n) is 15.0. The second-order valence-corrected chi connectivity index (χ2v) is 13.0. The molecule has 0 unspecified atom stereocenters. The van der Waals surface area contributed by atoms with E-state index in [9.17, 15) is 18.0 Å². The maximum absolute atomic E-state index is 14.5. The number of hydrogen-bond donors (Lipinski definition) is 1. The lowest BCUT2D eigenvalue weighted by atomic mass is 10.1. The molecule has 0 aliphatic carbocycles. The summed E-state index contributed by atoms with van der Waals surface area (Å²) in [7, 11) is 1.27. The summed E-state index contributed by atoms with van der Waals surface area (Å²) in [6, 6.07) is 15.6. The molecule has 0 bridgehead atoms. The number of amides is 2. The van der Waals surface area contributed by atoms with Crippen molar-refractivity contribution in [1.82, 2.24) is 10.2 Å². The van der Waals surface area contributed by atoms with Crippen molar-refractivity contribution in [3.63, 3.8) is 0 Å². The van der Waals surface area contributed by atoms with Crippen molar-refractivity contribution in [2.24, 2.45) is 5.92 Å². The summed E-state index contributed by atoms with van der Waals surface area (Å²) in [4.78, 5) is 29.2. The van der Waals surface area contributed by atoms with Crippen LogP contribution in [0.3, 0.4) is 0 Å². The van der Waals surface area contributed by atoms with Crippen molar-refractivity contribution in [3.8, 4) is 23.0 Å². The number of carbonyl (C=O) groups is 2. The number of hydrogen-bond acceptors (Lipinski definition) is 8. The lowest BCUT2D eigenvalue weighted by Crippen LogP contribution is -2.52. The monoisotopic (exact) mass is 655 g/mol. The van der Waals surface area contributed by atoms with E-state index >= 15 is 0 Å². The summed E-state index contributed by atoms with van der Waals surface area (Å²) in [6.45, 7) is 7.61. The molecule has 12 heteroatoms. The van der Waals surface area contributed by atoms with Gasteiger partial charge in [-0.25, -0.2) is 8.42 Å². The van der Waals surface area contributed by atoms with Crippen LogP contribution in [-0.2, 0) is 26.2 Å². The minimum Gasteiger partial charge on any atom is -0.497 e. The minimum absolute atomic E-state index is 0.0813. The molecule has 0 fully saturated rings. The van der Waals surface area contributed by atoms with Gasteiger partial charge in [0.15, 0.2) is 11.5 Å². The van der Waals surface area contributed by atoms with Crippen LogP contribution in [0.4, 0.5) is 5.69 Å². The van der Waals surface area contributed by atoms with Gasteiger partial charge >= 0.3 is 0 Å². The Hall–Kier alpha value is -4.45. The van der Waals surface area contributed by atoms with Crippen LogP contribution in [0.5, 0.6) is 23.0 Å². The number of nitrogens with one attached hydrogen (secondary N) is 1. The summed E-state index contributed by atoms with van der Waals surface area (Å²) in [5.41, 5.74) is 1.87. The number of anilines is 1. The molecule has 3 rings (SSSR count). The molecule has 0 aromatic heterocycles. The highest BCUT2D eigenvalue weighted by Gasteiger charge is 2.35. The average Bonchev–Trinajstić information content (AvgIpc) is 3.05. The molecular weight excluding hydrogens is 610 g/mol. The maximum Gasteiger partial charge on any atom is 0.265 e. The Morgan fingerprint density at radius 2 is 1.52 bits per heavy atom. The van der Waals surface area contributed by atoms with Gasteiger partial charge in [0.05, 0.1) is 39.0 Å². The van der Waals surface area contributed by atoms with Crippen LogP contribution in [0.25, 0.3) is 0 Å². The molecule has 0 aliphatic rings. The van der Waals surface area contributed by atoms with Gasteiger partial charge in [-0.05, 0) is 49.1 Å². The minimum atomic E-state index is -4.44. The molecule has 1 N–H and O–H groups in total. The predicted octanol–water partition coefficient (Wildman–Crippen LogP) is 4.80. The van der Waals surface area contributed by atoms with Crippen molar-refractivity contribution >= 4 is 27.5 Å². The molecule has 11 nitrogen and oxygen atoms in total. The van der Waals surface area contributed by atoms with E-state index in [1.807, 2.05) is 52.0 Å². The number of aryl methyl sites for hydroxylation is 1. The highest BCUT2D eigenvalue weighted by molar-refractivity contribution is 7.92. The Morgan fingerprint density at radius 3 is 2.11 bits per heavy atom. The van der Waals surface area contributed by atoms with Gasteiger partial charge in [-0.1, -0.05) is 50.6 Å². The number of carbonyl (C=O) groups excluding carboxylic acids is 2. The van der Waals surface area contributed by atoms with E-state index in [4.69, 9.17) is 18.9 Å². The Kier molecular flexibility index (Phi) is 12.7. The topological polar surface area (TPSA) is 124 Å². The van der Waals surface area contributed by atoms with Crippen LogP contribution < -0.4 is 28.6 Å². The Bertz CT molecular complexity index is 1610. The van der Waals surface area contributed by atoms with Crippen LogP contribution in [0.2, 0.25) is 0 Å².